The Morgan fingerprint density at radius 1 is 1.40 bits per heavy atom. The van der Waals surface area contributed by atoms with Gasteiger partial charge in [0.2, 0.25) is 5.78 Å². The molecule has 1 fully saturated rings. The predicted molar refractivity (Wildman–Crippen MR) is 81.4 cm³/mol. The molecule has 0 unspecified atom stereocenters. The zero-order chi connectivity index (χ0) is 14.8. The van der Waals surface area contributed by atoms with Crippen molar-refractivity contribution in [3.8, 4) is 0 Å². The van der Waals surface area contributed by atoms with Crippen LogP contribution in [0.1, 0.15) is 55.9 Å². The first-order chi connectivity index (χ1) is 9.53. The van der Waals surface area contributed by atoms with Crippen molar-refractivity contribution in [2.24, 2.45) is 0 Å². The molecule has 1 aliphatic rings. The molecule has 0 amide bonds. The summed E-state index contributed by atoms with van der Waals surface area (Å²) in [7, 11) is 4.00. The topological polar surface area (TPSA) is 38.1 Å². The molecule has 0 spiro atoms. The van der Waals surface area contributed by atoms with E-state index in [1.807, 2.05) is 14.1 Å². The Hall–Kier alpha value is -0.870. The van der Waals surface area contributed by atoms with Crippen molar-refractivity contribution in [2.45, 2.75) is 57.5 Å². The third kappa shape index (κ3) is 2.63. The van der Waals surface area contributed by atoms with Crippen molar-refractivity contribution in [3.05, 3.63) is 16.9 Å². The number of nitrogens with zero attached hydrogens (tertiary/aromatic N) is 3. The third-order valence-corrected chi connectivity index (χ3v) is 4.68. The summed E-state index contributed by atoms with van der Waals surface area (Å²) in [6.45, 7) is 2.81. The van der Waals surface area contributed by atoms with Gasteiger partial charge in [-0.3, -0.25) is 14.4 Å². The summed E-state index contributed by atoms with van der Waals surface area (Å²) in [5.74, 6) is 0.137. The lowest BCUT2D eigenvalue weighted by Gasteiger charge is -2.41. The Labute approximate surface area is 126 Å². The number of hydrogen-bond acceptors (Lipinski definition) is 3. The van der Waals surface area contributed by atoms with E-state index in [1.165, 1.54) is 6.42 Å². The van der Waals surface area contributed by atoms with Crippen LogP contribution >= 0.6 is 11.6 Å². The second-order valence-corrected chi connectivity index (χ2v) is 6.29. The molecule has 20 heavy (non-hydrogen) atoms. The van der Waals surface area contributed by atoms with Gasteiger partial charge >= 0.3 is 0 Å². The Morgan fingerprint density at radius 3 is 2.60 bits per heavy atom. The highest BCUT2D eigenvalue weighted by molar-refractivity contribution is 6.34. The van der Waals surface area contributed by atoms with E-state index in [9.17, 15) is 4.79 Å². The third-order valence-electron chi connectivity index (χ3n) is 4.40. The van der Waals surface area contributed by atoms with Gasteiger partial charge in [-0.05, 0) is 33.4 Å². The molecule has 1 aliphatic carbocycles. The average molecular weight is 298 g/mol. The van der Waals surface area contributed by atoms with Gasteiger partial charge in [-0.2, -0.15) is 5.10 Å². The Morgan fingerprint density at radius 2 is 2.05 bits per heavy atom. The zero-order valence-electron chi connectivity index (χ0n) is 12.7. The van der Waals surface area contributed by atoms with Crippen molar-refractivity contribution in [1.29, 1.82) is 0 Å². The van der Waals surface area contributed by atoms with Crippen LogP contribution in [0, 0.1) is 0 Å². The maximum Gasteiger partial charge on any atom is 0.202 e. The lowest BCUT2D eigenvalue weighted by atomic mass is 9.76. The summed E-state index contributed by atoms with van der Waals surface area (Å²) < 4.78 is 1.77. The van der Waals surface area contributed by atoms with Gasteiger partial charge in [-0.15, -0.1) is 0 Å². The lowest BCUT2D eigenvalue weighted by Crippen LogP contribution is -2.53. The highest BCUT2D eigenvalue weighted by Crippen LogP contribution is 2.36. The molecule has 0 atom stereocenters. The highest BCUT2D eigenvalue weighted by Gasteiger charge is 2.43. The van der Waals surface area contributed by atoms with E-state index in [2.05, 4.69) is 16.9 Å². The number of rotatable bonds is 5. The summed E-state index contributed by atoms with van der Waals surface area (Å²) >= 11 is 6.24. The summed E-state index contributed by atoms with van der Waals surface area (Å²) in [4.78, 5) is 15.2. The summed E-state index contributed by atoms with van der Waals surface area (Å²) in [6, 6.07) is 0. The van der Waals surface area contributed by atoms with Crippen molar-refractivity contribution in [3.63, 3.8) is 0 Å². The van der Waals surface area contributed by atoms with Gasteiger partial charge in [0.15, 0.2) is 0 Å². The number of hydrogen-bond donors (Lipinski definition) is 0. The van der Waals surface area contributed by atoms with Crippen LogP contribution in [0.15, 0.2) is 6.20 Å². The first kappa shape index (κ1) is 15.5. The largest absolute Gasteiger partial charge is 0.297 e. The molecule has 1 aromatic heterocycles. The number of likely N-dealkylation sites (N-methyl/N-ethyl adjacent to an activating group) is 1. The van der Waals surface area contributed by atoms with Crippen molar-refractivity contribution >= 4 is 17.4 Å². The number of halogens is 1. The zero-order valence-corrected chi connectivity index (χ0v) is 13.4. The van der Waals surface area contributed by atoms with Crippen LogP contribution < -0.4 is 0 Å². The number of aromatic nitrogens is 2. The Bertz CT molecular complexity index is 475. The lowest BCUT2D eigenvalue weighted by molar-refractivity contribution is 0.0552. The molecule has 1 heterocycles. The Kier molecular flexibility index (Phi) is 4.86. The molecule has 0 radical (unpaired) electrons. The van der Waals surface area contributed by atoms with E-state index in [-0.39, 0.29) is 5.78 Å². The van der Waals surface area contributed by atoms with Gasteiger partial charge in [-0.1, -0.05) is 37.8 Å². The fourth-order valence-electron chi connectivity index (χ4n) is 3.20. The normalized spacial score (nSPS) is 18.4. The fraction of sp³-hybridized carbons (Fsp3) is 0.733. The molecule has 1 saturated carbocycles. The first-order valence-electron chi connectivity index (χ1n) is 7.46. The molecule has 4 nitrogen and oxygen atoms in total. The number of carbonyl (C=O) groups excluding carboxylic acids is 1. The second-order valence-electron chi connectivity index (χ2n) is 5.88. The highest BCUT2D eigenvalue weighted by atomic mass is 35.5. The summed E-state index contributed by atoms with van der Waals surface area (Å²) in [5, 5.41) is 4.74. The minimum absolute atomic E-state index is 0.137. The fourth-order valence-corrected chi connectivity index (χ4v) is 3.43. The van der Waals surface area contributed by atoms with Gasteiger partial charge in [0, 0.05) is 6.54 Å². The SMILES string of the molecule is CCCn1ncc(Cl)c1C(=O)C1(N(C)C)CCCCC1. The molecule has 2 rings (SSSR count). The number of Topliss-reactive ketones (excluding diaryl/α,β-unsaturated/α-hetero) is 1. The van der Waals surface area contributed by atoms with Gasteiger partial charge in [0.25, 0.3) is 0 Å². The smallest absolute Gasteiger partial charge is 0.202 e. The average Bonchev–Trinajstić information content (AvgIpc) is 2.80. The number of carbonyl (C=O) groups is 1. The molecular formula is C15H24ClN3O. The molecule has 0 bridgehead atoms. The van der Waals surface area contributed by atoms with E-state index in [0.717, 1.165) is 38.6 Å². The van der Waals surface area contributed by atoms with Crippen molar-refractivity contribution < 1.29 is 4.79 Å². The standard InChI is InChI=1S/C15H24ClN3O/c1-4-10-19-13(12(16)11-17-19)14(20)15(18(2)3)8-6-5-7-9-15/h11H,4-10H2,1-3H3. The van der Waals surface area contributed by atoms with Gasteiger partial charge < -0.3 is 0 Å². The van der Waals surface area contributed by atoms with Crippen LogP contribution in [-0.4, -0.2) is 40.1 Å². The van der Waals surface area contributed by atoms with E-state index < -0.39 is 5.54 Å². The Balaban J connectivity index is 2.40. The van der Waals surface area contributed by atoms with Gasteiger partial charge in [-0.25, -0.2) is 0 Å². The van der Waals surface area contributed by atoms with Crippen molar-refractivity contribution in [2.75, 3.05) is 14.1 Å². The van der Waals surface area contributed by atoms with Crippen LogP contribution in [0.3, 0.4) is 0 Å². The van der Waals surface area contributed by atoms with Crippen LogP contribution in [0.2, 0.25) is 5.02 Å². The maximum absolute atomic E-state index is 13.2. The van der Waals surface area contributed by atoms with Crippen LogP contribution in [-0.2, 0) is 6.54 Å². The summed E-state index contributed by atoms with van der Waals surface area (Å²) in [6.07, 6.45) is 7.76. The van der Waals surface area contributed by atoms with Gasteiger partial charge in [0.05, 0.1) is 16.8 Å². The van der Waals surface area contributed by atoms with E-state index in [1.54, 1.807) is 10.9 Å². The van der Waals surface area contributed by atoms with Crippen LogP contribution in [0.4, 0.5) is 0 Å². The molecule has 0 N–H and O–H groups in total. The van der Waals surface area contributed by atoms with Crippen LogP contribution in [0.5, 0.6) is 0 Å². The summed E-state index contributed by atoms with van der Waals surface area (Å²) in [5.41, 5.74) is 0.178. The van der Waals surface area contributed by atoms with Crippen LogP contribution in [0.25, 0.3) is 0 Å². The maximum atomic E-state index is 13.2. The number of aryl methyl sites for hydroxylation is 1. The monoisotopic (exact) mass is 297 g/mol. The van der Waals surface area contributed by atoms with Gasteiger partial charge in [0.1, 0.15) is 5.69 Å². The number of ketones is 1. The first-order valence-corrected chi connectivity index (χ1v) is 7.84. The van der Waals surface area contributed by atoms with E-state index in [4.69, 9.17) is 11.6 Å². The molecule has 0 aromatic carbocycles. The molecule has 1 aromatic rings. The molecule has 0 saturated heterocycles. The predicted octanol–water partition coefficient (Wildman–Crippen LogP) is 3.39. The molecule has 112 valence electrons. The quantitative estimate of drug-likeness (QED) is 0.782. The molecular weight excluding hydrogens is 274 g/mol. The van der Waals surface area contributed by atoms with E-state index in [0.29, 0.717) is 10.7 Å². The molecule has 5 heteroatoms. The molecule has 0 aliphatic heterocycles. The minimum Gasteiger partial charge on any atom is -0.297 e. The minimum atomic E-state index is -0.409. The second kappa shape index (κ2) is 6.27. The van der Waals surface area contributed by atoms with E-state index >= 15 is 0 Å². The van der Waals surface area contributed by atoms with Crippen molar-refractivity contribution in [1.82, 2.24) is 14.7 Å².